The molecule has 0 atom stereocenters. The minimum Gasteiger partial charge on any atom is -0.466 e. The van der Waals surface area contributed by atoms with Crippen LogP contribution in [0.5, 0.6) is 0 Å². The number of hydrogen-bond donors (Lipinski definition) is 1. The van der Waals surface area contributed by atoms with Gasteiger partial charge in [0.15, 0.2) is 0 Å². The molecule has 398 valence electrons. The number of allylic oxidation sites excluding steroid dienone is 4. The van der Waals surface area contributed by atoms with Crippen molar-refractivity contribution in [1.29, 1.82) is 0 Å². The number of rotatable bonds is 39. The molecule has 0 aromatic rings. The van der Waals surface area contributed by atoms with Gasteiger partial charge in [0.05, 0.1) is 13.2 Å². The van der Waals surface area contributed by atoms with E-state index in [-0.39, 0.29) is 63.1 Å². The molecular weight excluding hydrogens is 893 g/mol. The molecule has 14 nitrogen and oxygen atoms in total. The molecule has 1 aliphatic heterocycles. The van der Waals surface area contributed by atoms with Gasteiger partial charge in [-0.2, -0.15) is 0 Å². The molecule has 0 spiro atoms. The minimum absolute atomic E-state index is 0.130. The lowest BCUT2D eigenvalue weighted by atomic mass is 9.51. The van der Waals surface area contributed by atoms with Gasteiger partial charge in [0, 0.05) is 45.2 Å². The van der Waals surface area contributed by atoms with Crippen LogP contribution in [0.1, 0.15) is 194 Å². The van der Waals surface area contributed by atoms with E-state index >= 15 is 0 Å². The molecule has 5 rings (SSSR count). The van der Waals surface area contributed by atoms with E-state index in [0.29, 0.717) is 83.1 Å². The van der Waals surface area contributed by atoms with Gasteiger partial charge >= 0.3 is 35.9 Å². The van der Waals surface area contributed by atoms with Gasteiger partial charge in [-0.1, -0.05) is 63.8 Å². The molecule has 70 heavy (non-hydrogen) atoms. The molecular formula is C56H92N2O12. The Bertz CT molecular complexity index is 1500. The first kappa shape index (κ1) is 58.6. The first-order valence-electron chi connectivity index (χ1n) is 27.8. The first-order chi connectivity index (χ1) is 34.1. The average molecular weight is 985 g/mol. The summed E-state index contributed by atoms with van der Waals surface area (Å²) in [5, 5.41) is 2.82. The number of carbonyl (C=O) groups excluding carboxylic acids is 6. The standard InChI is InChI=1S/C56H92N2O12/c1-3-5-7-9-15-23-33-65-50(59)25-17-11-13-19-27-52(61)67-41-56(44-70-55(64)57-29-32-58-30-21-22-31-58,43-69-54(63)40-49-47-36-45-35-46(38-47)39-48(49)37-45)42-68-53(62)28-20-14-12-18-26-51(60)66-34-24-16-10-8-6-4-2/h5-8,45-49H,3-4,9-44H2,1-2H3,(H,57,64)/b7-5-,8-6-. The summed E-state index contributed by atoms with van der Waals surface area (Å²) in [6.07, 6.45) is 30.6. The van der Waals surface area contributed by atoms with Gasteiger partial charge in [-0.05, 0) is 165 Å². The Balaban J connectivity index is 1.28. The molecule has 1 saturated heterocycles. The molecule has 5 aliphatic rings. The maximum atomic E-state index is 13.7. The number of nitrogens with one attached hydrogen (secondary N) is 1. The van der Waals surface area contributed by atoms with Crippen LogP contribution in [0.4, 0.5) is 4.79 Å². The Kier molecular flexibility index (Phi) is 29.5. The molecule has 4 saturated carbocycles. The van der Waals surface area contributed by atoms with Crippen molar-refractivity contribution in [2.24, 2.45) is 35.0 Å². The largest absolute Gasteiger partial charge is 0.466 e. The highest BCUT2D eigenvalue weighted by molar-refractivity contribution is 5.71. The summed E-state index contributed by atoms with van der Waals surface area (Å²) in [7, 11) is 0. The Hall–Kier alpha value is -3.94. The van der Waals surface area contributed by atoms with Crippen molar-refractivity contribution in [2.75, 3.05) is 65.8 Å². The summed E-state index contributed by atoms with van der Waals surface area (Å²) in [6.45, 7) is 6.98. The van der Waals surface area contributed by atoms with Crippen LogP contribution in [-0.2, 0) is 52.4 Å². The number of carbonyl (C=O) groups is 6. The summed E-state index contributed by atoms with van der Waals surface area (Å²) in [6, 6.07) is 0. The van der Waals surface area contributed by atoms with E-state index in [0.717, 1.165) is 115 Å². The van der Waals surface area contributed by atoms with Gasteiger partial charge < -0.3 is 38.6 Å². The van der Waals surface area contributed by atoms with E-state index in [1.807, 2.05) is 0 Å². The molecule has 1 N–H and O–H groups in total. The van der Waals surface area contributed by atoms with E-state index in [9.17, 15) is 28.8 Å². The molecule has 0 unspecified atom stereocenters. The smallest absolute Gasteiger partial charge is 0.407 e. The fourth-order valence-electron chi connectivity index (χ4n) is 10.9. The molecule has 4 aliphatic carbocycles. The number of ether oxygens (including phenoxy) is 6. The predicted molar refractivity (Wildman–Crippen MR) is 269 cm³/mol. The normalized spacial score (nSPS) is 20.7. The zero-order valence-electron chi connectivity index (χ0n) is 43.4. The number of nitrogens with zero attached hydrogens (tertiary/aromatic N) is 1. The lowest BCUT2D eigenvalue weighted by Gasteiger charge is -2.54. The van der Waals surface area contributed by atoms with Gasteiger partial charge in [0.2, 0.25) is 0 Å². The number of amides is 1. The van der Waals surface area contributed by atoms with Crippen LogP contribution in [0.2, 0.25) is 0 Å². The number of hydrogen-bond acceptors (Lipinski definition) is 13. The number of esters is 5. The zero-order valence-corrected chi connectivity index (χ0v) is 43.4. The monoisotopic (exact) mass is 985 g/mol. The topological polar surface area (TPSA) is 173 Å². The minimum atomic E-state index is -1.35. The fraction of sp³-hybridized carbons (Fsp3) is 0.821. The van der Waals surface area contributed by atoms with Crippen molar-refractivity contribution < 1.29 is 57.2 Å². The van der Waals surface area contributed by atoms with Gasteiger partial charge in [-0.3, -0.25) is 24.0 Å². The third-order valence-electron chi connectivity index (χ3n) is 14.7. The van der Waals surface area contributed by atoms with E-state index in [2.05, 4.69) is 48.4 Å². The van der Waals surface area contributed by atoms with Crippen molar-refractivity contribution in [3.05, 3.63) is 24.3 Å². The maximum Gasteiger partial charge on any atom is 0.407 e. The summed E-state index contributed by atoms with van der Waals surface area (Å²) >= 11 is 0. The highest BCUT2D eigenvalue weighted by atomic mass is 16.6. The van der Waals surface area contributed by atoms with Gasteiger partial charge in [0.25, 0.3) is 0 Å². The third-order valence-corrected chi connectivity index (χ3v) is 14.7. The SMILES string of the molecule is CC/C=C\CCCCOC(=O)CCCCCCC(=O)OCC(COC(=O)CCCCCCC(=O)OCCCC/C=C\CC)(COC(=O)CC1C2CC3CC(C2)CC1C3)COC(=O)NCCN1CCCC1. The lowest BCUT2D eigenvalue weighted by Crippen LogP contribution is -2.47. The average Bonchev–Trinajstić information content (AvgIpc) is 3.87. The molecule has 5 fully saturated rings. The summed E-state index contributed by atoms with van der Waals surface area (Å²) < 4.78 is 34.2. The predicted octanol–water partition coefficient (Wildman–Crippen LogP) is 10.9. The van der Waals surface area contributed by atoms with Gasteiger partial charge in [-0.25, -0.2) is 4.79 Å². The van der Waals surface area contributed by atoms with E-state index in [1.165, 1.54) is 32.1 Å². The molecule has 1 amide bonds. The Morgan fingerprint density at radius 1 is 0.500 bits per heavy atom. The molecule has 0 aromatic heterocycles. The van der Waals surface area contributed by atoms with Crippen molar-refractivity contribution in [2.45, 2.75) is 194 Å². The molecule has 1 heterocycles. The number of alkyl carbamates (subject to hydrolysis) is 1. The van der Waals surface area contributed by atoms with Crippen molar-refractivity contribution >= 4 is 35.9 Å². The summed E-state index contributed by atoms with van der Waals surface area (Å²) in [5.74, 6) is 1.21. The second-order valence-corrected chi connectivity index (χ2v) is 20.9. The lowest BCUT2D eigenvalue weighted by molar-refractivity contribution is -0.167. The Morgan fingerprint density at radius 3 is 1.39 bits per heavy atom. The molecule has 14 heteroatoms. The first-order valence-corrected chi connectivity index (χ1v) is 27.8. The fourth-order valence-corrected chi connectivity index (χ4v) is 10.9. The third kappa shape index (κ3) is 24.9. The quantitative estimate of drug-likeness (QED) is 0.0267. The highest BCUT2D eigenvalue weighted by Crippen LogP contribution is 2.57. The van der Waals surface area contributed by atoms with Crippen LogP contribution >= 0.6 is 0 Å². The molecule has 0 radical (unpaired) electrons. The van der Waals surface area contributed by atoms with E-state index in [1.54, 1.807) is 0 Å². The van der Waals surface area contributed by atoms with Crippen LogP contribution in [0.3, 0.4) is 0 Å². The van der Waals surface area contributed by atoms with Crippen LogP contribution in [0, 0.1) is 35.0 Å². The van der Waals surface area contributed by atoms with Gasteiger partial charge in [0.1, 0.15) is 31.8 Å². The molecule has 4 bridgehead atoms. The van der Waals surface area contributed by atoms with Gasteiger partial charge in [-0.15, -0.1) is 0 Å². The van der Waals surface area contributed by atoms with Crippen LogP contribution in [0.15, 0.2) is 24.3 Å². The van der Waals surface area contributed by atoms with Crippen molar-refractivity contribution in [3.8, 4) is 0 Å². The Labute approximate surface area is 420 Å². The van der Waals surface area contributed by atoms with Crippen LogP contribution in [0.25, 0.3) is 0 Å². The maximum absolute atomic E-state index is 13.7. The van der Waals surface area contributed by atoms with Crippen molar-refractivity contribution in [1.82, 2.24) is 10.2 Å². The number of likely N-dealkylation sites (tertiary alicyclic amines) is 1. The second kappa shape index (κ2) is 35.2. The van der Waals surface area contributed by atoms with Crippen molar-refractivity contribution in [3.63, 3.8) is 0 Å². The zero-order chi connectivity index (χ0) is 50.1. The highest BCUT2D eigenvalue weighted by Gasteiger charge is 2.49. The van der Waals surface area contributed by atoms with Crippen LogP contribution in [-0.4, -0.2) is 107 Å². The van der Waals surface area contributed by atoms with E-state index in [4.69, 9.17) is 28.4 Å². The molecule has 0 aromatic carbocycles. The Morgan fingerprint density at radius 2 is 0.929 bits per heavy atom. The van der Waals surface area contributed by atoms with E-state index < -0.39 is 23.4 Å². The number of unbranched alkanes of at least 4 members (excludes halogenated alkanes) is 10. The van der Waals surface area contributed by atoms with Crippen LogP contribution < -0.4 is 5.32 Å². The second-order valence-electron chi connectivity index (χ2n) is 20.9. The summed E-state index contributed by atoms with van der Waals surface area (Å²) in [4.78, 5) is 80.0. The summed E-state index contributed by atoms with van der Waals surface area (Å²) in [5.41, 5.74) is -1.35.